The number of hydrogen-bond acceptors (Lipinski definition) is 4. The molecular weight excluding hydrogens is 468 g/mol. The second kappa shape index (κ2) is 11.9. The van der Waals surface area contributed by atoms with Gasteiger partial charge in [0.15, 0.2) is 5.96 Å². The molecule has 2 N–H and O–H groups in total. The number of thioether (sulfide) groups is 1. The van der Waals surface area contributed by atoms with Gasteiger partial charge in [0.05, 0.1) is 6.54 Å². The van der Waals surface area contributed by atoms with E-state index in [4.69, 9.17) is 9.47 Å². The Hall–Kier alpha value is -0.740. The Labute approximate surface area is 176 Å². The number of nitrogens with one attached hydrogen (secondary N) is 2. The molecule has 0 aromatic heterocycles. The highest BCUT2D eigenvalue weighted by molar-refractivity contribution is 14.0. The minimum Gasteiger partial charge on any atom is -0.489 e. The van der Waals surface area contributed by atoms with Crippen LogP contribution in [0.5, 0.6) is 5.75 Å². The summed E-state index contributed by atoms with van der Waals surface area (Å²) >= 11 is 1.89. The van der Waals surface area contributed by atoms with Crippen LogP contribution in [-0.2, 0) is 4.74 Å². The lowest BCUT2D eigenvalue weighted by Crippen LogP contribution is -2.49. The average molecular weight is 497 g/mol. The summed E-state index contributed by atoms with van der Waals surface area (Å²) in [7, 11) is 1.76. The third kappa shape index (κ3) is 7.48. The summed E-state index contributed by atoms with van der Waals surface area (Å²) in [5.41, 5.74) is 0. The minimum absolute atomic E-state index is 0. The van der Waals surface area contributed by atoms with Crippen molar-refractivity contribution in [2.75, 3.05) is 39.6 Å². The molecule has 148 valence electrons. The number of benzene rings is 1. The fourth-order valence-corrected chi connectivity index (χ4v) is 3.48. The first-order chi connectivity index (χ1) is 12.1. The Morgan fingerprint density at radius 3 is 2.54 bits per heavy atom. The van der Waals surface area contributed by atoms with Gasteiger partial charge in [-0.1, -0.05) is 0 Å². The predicted molar refractivity (Wildman–Crippen MR) is 118 cm³/mol. The third-order valence-corrected chi connectivity index (χ3v) is 5.77. The Morgan fingerprint density at radius 1 is 1.31 bits per heavy atom. The van der Waals surface area contributed by atoms with Crippen LogP contribution in [0.1, 0.15) is 19.8 Å². The largest absolute Gasteiger partial charge is 0.489 e. The van der Waals surface area contributed by atoms with Crippen molar-refractivity contribution in [3.63, 3.8) is 0 Å². The number of halogens is 2. The number of rotatable bonds is 7. The lowest BCUT2D eigenvalue weighted by molar-refractivity contribution is 0.0782. The topological polar surface area (TPSA) is 54.9 Å². The molecule has 1 heterocycles. The first-order valence-corrected chi connectivity index (χ1v) is 9.79. The summed E-state index contributed by atoms with van der Waals surface area (Å²) in [5, 5.41) is 6.70. The zero-order valence-corrected chi connectivity index (χ0v) is 18.7. The van der Waals surface area contributed by atoms with Gasteiger partial charge in [-0.15, -0.1) is 24.0 Å². The average Bonchev–Trinajstić information content (AvgIpc) is 2.64. The van der Waals surface area contributed by atoms with Crippen LogP contribution in [0, 0.1) is 5.82 Å². The molecule has 0 spiro atoms. The quantitative estimate of drug-likeness (QED) is 0.344. The van der Waals surface area contributed by atoms with Gasteiger partial charge in [-0.3, -0.25) is 4.99 Å². The number of ether oxygens (including phenoxy) is 2. The smallest absolute Gasteiger partial charge is 0.191 e. The van der Waals surface area contributed by atoms with Crippen LogP contribution in [0.3, 0.4) is 0 Å². The number of nitrogens with zero attached hydrogens (tertiary/aromatic N) is 1. The molecule has 8 heteroatoms. The van der Waals surface area contributed by atoms with E-state index in [0.717, 1.165) is 38.6 Å². The van der Waals surface area contributed by atoms with E-state index in [-0.39, 0.29) is 40.6 Å². The molecule has 1 atom stereocenters. The molecule has 1 aromatic rings. The fraction of sp³-hybridized carbons (Fsp3) is 0.611. The molecule has 0 radical (unpaired) electrons. The van der Waals surface area contributed by atoms with Crippen molar-refractivity contribution in [3.05, 3.63) is 30.1 Å². The van der Waals surface area contributed by atoms with Crippen LogP contribution in [0.25, 0.3) is 0 Å². The highest BCUT2D eigenvalue weighted by atomic mass is 127. The molecule has 2 rings (SSSR count). The molecule has 1 aliphatic rings. The van der Waals surface area contributed by atoms with Gasteiger partial charge in [0.1, 0.15) is 17.7 Å². The molecule has 0 aliphatic carbocycles. The van der Waals surface area contributed by atoms with E-state index in [0.29, 0.717) is 12.3 Å². The third-order valence-electron chi connectivity index (χ3n) is 4.35. The predicted octanol–water partition coefficient (Wildman–Crippen LogP) is 3.29. The number of guanidine groups is 1. The second-order valence-corrected chi connectivity index (χ2v) is 7.46. The van der Waals surface area contributed by atoms with Gasteiger partial charge in [0.2, 0.25) is 0 Å². The Balaban J connectivity index is 0.00000338. The maximum Gasteiger partial charge on any atom is 0.191 e. The van der Waals surface area contributed by atoms with E-state index in [9.17, 15) is 4.39 Å². The highest BCUT2D eigenvalue weighted by Crippen LogP contribution is 2.32. The lowest BCUT2D eigenvalue weighted by atomic mass is 9.99. The summed E-state index contributed by atoms with van der Waals surface area (Å²) in [5.74, 6) is 1.15. The summed E-state index contributed by atoms with van der Waals surface area (Å²) < 4.78 is 24.4. The summed E-state index contributed by atoms with van der Waals surface area (Å²) in [6, 6.07) is 6.05. The van der Waals surface area contributed by atoms with Crippen LogP contribution in [0.2, 0.25) is 0 Å². The normalized spacial score (nSPS) is 17.8. The van der Waals surface area contributed by atoms with Crippen molar-refractivity contribution >= 4 is 41.7 Å². The van der Waals surface area contributed by atoms with E-state index in [1.54, 1.807) is 19.2 Å². The van der Waals surface area contributed by atoms with Crippen molar-refractivity contribution in [2.45, 2.75) is 30.6 Å². The second-order valence-electron chi connectivity index (χ2n) is 6.19. The Kier molecular flexibility index (Phi) is 10.6. The monoisotopic (exact) mass is 497 g/mol. The first-order valence-electron chi connectivity index (χ1n) is 8.56. The lowest BCUT2D eigenvalue weighted by Gasteiger charge is -2.36. The number of hydrogen-bond donors (Lipinski definition) is 2. The maximum atomic E-state index is 12.9. The van der Waals surface area contributed by atoms with Crippen molar-refractivity contribution in [3.8, 4) is 5.75 Å². The van der Waals surface area contributed by atoms with Crippen LogP contribution in [-0.4, -0.2) is 56.4 Å². The molecule has 26 heavy (non-hydrogen) atoms. The maximum absolute atomic E-state index is 12.9. The van der Waals surface area contributed by atoms with Crippen molar-refractivity contribution in [1.82, 2.24) is 10.6 Å². The first kappa shape index (κ1) is 23.3. The van der Waals surface area contributed by atoms with Crippen molar-refractivity contribution in [1.29, 1.82) is 0 Å². The molecule has 0 bridgehead atoms. The van der Waals surface area contributed by atoms with E-state index >= 15 is 0 Å². The van der Waals surface area contributed by atoms with Crippen molar-refractivity contribution < 1.29 is 13.9 Å². The molecule has 1 aromatic carbocycles. The van der Waals surface area contributed by atoms with Gasteiger partial charge in [0, 0.05) is 31.6 Å². The summed E-state index contributed by atoms with van der Waals surface area (Å²) in [4.78, 5) is 4.28. The zero-order valence-electron chi connectivity index (χ0n) is 15.6. The zero-order chi connectivity index (χ0) is 18.1. The van der Waals surface area contributed by atoms with Crippen LogP contribution < -0.4 is 15.4 Å². The standard InChI is InChI=1S/C18H28FN3O2S.HI/c1-14(24-16-6-4-15(19)5-7-16)12-21-17(20-2)22-13-18(25-3)8-10-23-11-9-18;/h4-7,14H,8-13H2,1-3H3,(H2,20,21,22);1H. The molecule has 5 nitrogen and oxygen atoms in total. The minimum atomic E-state index is -0.265. The SMILES string of the molecule is CN=C(NCC(C)Oc1ccc(F)cc1)NCC1(SC)CCOCC1.I. The molecule has 0 saturated carbocycles. The van der Waals surface area contributed by atoms with E-state index in [1.807, 2.05) is 18.7 Å². The van der Waals surface area contributed by atoms with E-state index < -0.39 is 0 Å². The summed E-state index contributed by atoms with van der Waals surface area (Å²) in [6.07, 6.45) is 4.17. The molecule has 1 unspecified atom stereocenters. The molecule has 1 fully saturated rings. The van der Waals surface area contributed by atoms with Crippen LogP contribution in [0.4, 0.5) is 4.39 Å². The highest BCUT2D eigenvalue weighted by Gasteiger charge is 2.31. The molecular formula is C18H29FIN3O2S. The van der Waals surface area contributed by atoms with Gasteiger partial charge in [-0.2, -0.15) is 11.8 Å². The number of aliphatic imine (C=N–C) groups is 1. The van der Waals surface area contributed by atoms with Crippen LogP contribution in [0.15, 0.2) is 29.3 Å². The van der Waals surface area contributed by atoms with Crippen molar-refractivity contribution in [2.24, 2.45) is 4.99 Å². The fourth-order valence-electron chi connectivity index (χ4n) is 2.69. The van der Waals surface area contributed by atoms with Gasteiger partial charge < -0.3 is 20.1 Å². The molecule has 1 saturated heterocycles. The van der Waals surface area contributed by atoms with Gasteiger partial charge in [0.25, 0.3) is 0 Å². The van der Waals surface area contributed by atoms with E-state index in [2.05, 4.69) is 21.9 Å². The van der Waals surface area contributed by atoms with E-state index in [1.165, 1.54) is 12.1 Å². The van der Waals surface area contributed by atoms with Gasteiger partial charge in [-0.05, 0) is 50.3 Å². The molecule has 0 amide bonds. The summed E-state index contributed by atoms with van der Waals surface area (Å²) in [6.45, 7) is 5.05. The Morgan fingerprint density at radius 2 is 1.96 bits per heavy atom. The van der Waals surface area contributed by atoms with Crippen LogP contribution >= 0.6 is 35.7 Å². The molecule has 1 aliphatic heterocycles. The Bertz CT molecular complexity index is 554. The van der Waals surface area contributed by atoms with Gasteiger partial charge in [-0.25, -0.2) is 4.39 Å². The van der Waals surface area contributed by atoms with Gasteiger partial charge >= 0.3 is 0 Å².